The molecule has 2 aromatic heterocycles. The van der Waals surface area contributed by atoms with Crippen molar-refractivity contribution in [2.75, 3.05) is 6.54 Å². The summed E-state index contributed by atoms with van der Waals surface area (Å²) in [6.45, 7) is 5.87. The highest BCUT2D eigenvalue weighted by molar-refractivity contribution is 7.89. The van der Waals surface area contributed by atoms with Crippen LogP contribution in [0.3, 0.4) is 0 Å². The Morgan fingerprint density at radius 2 is 1.72 bits per heavy atom. The lowest BCUT2D eigenvalue weighted by Gasteiger charge is -2.23. The second-order valence-electron chi connectivity index (χ2n) is 9.09. The van der Waals surface area contributed by atoms with Crippen LogP contribution in [0, 0.1) is 20.8 Å². The van der Waals surface area contributed by atoms with Crippen LogP contribution in [0.5, 0.6) is 0 Å². The van der Waals surface area contributed by atoms with Crippen LogP contribution in [-0.2, 0) is 23.0 Å². The molecule has 3 aromatic carbocycles. The van der Waals surface area contributed by atoms with E-state index in [1.165, 1.54) is 4.31 Å². The van der Waals surface area contributed by atoms with Crippen molar-refractivity contribution in [1.82, 2.24) is 18.0 Å². The predicted molar refractivity (Wildman–Crippen MR) is 144 cm³/mol. The van der Waals surface area contributed by atoms with Gasteiger partial charge in [0.2, 0.25) is 10.0 Å². The number of H-pyrrole nitrogens is 1. The van der Waals surface area contributed by atoms with Crippen molar-refractivity contribution in [3.8, 4) is 0 Å². The Balaban J connectivity index is 1.61. The SMILES string of the molecule is Cc1cc(C)c2[nH]c(=O)c(CN(CCc3ccccc3)S(=O)(=O)c3c(C)ccc4nsnc34)cc2c1. The molecule has 0 spiro atoms. The molecule has 36 heavy (non-hydrogen) atoms. The fraction of sp³-hybridized carbons (Fsp3) is 0.222. The van der Waals surface area contributed by atoms with E-state index in [0.717, 1.165) is 39.3 Å². The van der Waals surface area contributed by atoms with Crippen LogP contribution < -0.4 is 5.56 Å². The lowest BCUT2D eigenvalue weighted by molar-refractivity contribution is 0.408. The summed E-state index contributed by atoms with van der Waals surface area (Å²) in [5.41, 5.74) is 5.43. The van der Waals surface area contributed by atoms with Crippen LogP contribution in [0.2, 0.25) is 0 Å². The van der Waals surface area contributed by atoms with Gasteiger partial charge in [-0.2, -0.15) is 13.1 Å². The van der Waals surface area contributed by atoms with Gasteiger partial charge in [0, 0.05) is 18.7 Å². The number of aryl methyl sites for hydroxylation is 3. The third-order valence-corrected chi connectivity index (χ3v) is 8.95. The number of aromatic nitrogens is 3. The fourth-order valence-electron chi connectivity index (χ4n) is 4.61. The molecule has 0 amide bonds. The number of nitrogens with one attached hydrogen (secondary N) is 1. The molecule has 0 atom stereocenters. The molecule has 0 fully saturated rings. The molecule has 0 unspecified atom stereocenters. The molecule has 5 rings (SSSR count). The van der Waals surface area contributed by atoms with E-state index >= 15 is 0 Å². The van der Waals surface area contributed by atoms with Crippen molar-refractivity contribution in [2.45, 2.75) is 38.6 Å². The van der Waals surface area contributed by atoms with Gasteiger partial charge in [0.15, 0.2) is 0 Å². The average molecular weight is 519 g/mol. The molecule has 0 saturated carbocycles. The molecule has 184 valence electrons. The number of hydrogen-bond acceptors (Lipinski definition) is 6. The summed E-state index contributed by atoms with van der Waals surface area (Å²) in [6, 6.07) is 19.1. The Bertz CT molecular complexity index is 1740. The Labute approximate surface area is 213 Å². The monoisotopic (exact) mass is 518 g/mol. The van der Waals surface area contributed by atoms with Gasteiger partial charge in [0.25, 0.3) is 5.56 Å². The number of nitrogens with zero attached hydrogens (tertiary/aromatic N) is 3. The molecule has 0 bridgehead atoms. The van der Waals surface area contributed by atoms with Gasteiger partial charge in [-0.25, -0.2) is 8.42 Å². The summed E-state index contributed by atoms with van der Waals surface area (Å²) in [5, 5.41) is 0.879. The summed E-state index contributed by atoms with van der Waals surface area (Å²) in [4.78, 5) is 16.2. The van der Waals surface area contributed by atoms with Crippen molar-refractivity contribution in [3.63, 3.8) is 0 Å². The molecule has 9 heteroatoms. The first-order valence-electron chi connectivity index (χ1n) is 11.6. The lowest BCUT2D eigenvalue weighted by atomic mass is 10.1. The van der Waals surface area contributed by atoms with Crippen LogP contribution in [0.15, 0.2) is 70.4 Å². The normalized spacial score (nSPS) is 12.1. The molecule has 0 radical (unpaired) electrons. The zero-order valence-electron chi connectivity index (χ0n) is 20.3. The molecule has 5 aromatic rings. The van der Waals surface area contributed by atoms with E-state index in [2.05, 4.69) is 13.7 Å². The Morgan fingerprint density at radius 1 is 0.944 bits per heavy atom. The van der Waals surface area contributed by atoms with Crippen molar-refractivity contribution >= 4 is 43.7 Å². The number of hydrogen-bond donors (Lipinski definition) is 1. The van der Waals surface area contributed by atoms with Gasteiger partial charge in [0.1, 0.15) is 15.9 Å². The van der Waals surface area contributed by atoms with E-state index in [9.17, 15) is 13.2 Å². The number of benzene rings is 3. The van der Waals surface area contributed by atoms with Crippen LogP contribution in [0.1, 0.15) is 27.8 Å². The standard InChI is InChI=1S/C27H26N4O3S2/c1-17-13-19(3)24-21(14-17)15-22(27(32)28-24)16-31(12-11-20-7-5-4-6-8-20)36(33,34)26-18(2)9-10-23-25(26)30-35-29-23/h4-10,13-15H,11-12,16H2,1-3H3,(H,28,32). The maximum Gasteiger partial charge on any atom is 0.252 e. The second kappa shape index (κ2) is 9.57. The average Bonchev–Trinajstić information content (AvgIpc) is 3.31. The van der Waals surface area contributed by atoms with Crippen LogP contribution in [-0.4, -0.2) is 33.0 Å². The number of fused-ring (bicyclic) bond motifs is 2. The molecule has 7 nitrogen and oxygen atoms in total. The van der Waals surface area contributed by atoms with E-state index in [4.69, 9.17) is 0 Å². The van der Waals surface area contributed by atoms with Crippen LogP contribution >= 0.6 is 11.7 Å². The van der Waals surface area contributed by atoms with Gasteiger partial charge in [-0.15, -0.1) is 0 Å². The van der Waals surface area contributed by atoms with Crippen molar-refractivity contribution in [2.24, 2.45) is 0 Å². The summed E-state index contributed by atoms with van der Waals surface area (Å²) >= 11 is 0.986. The minimum absolute atomic E-state index is 0.0547. The fourth-order valence-corrected chi connectivity index (χ4v) is 6.97. The Hall–Kier alpha value is -3.40. The summed E-state index contributed by atoms with van der Waals surface area (Å²) in [7, 11) is -4.00. The van der Waals surface area contributed by atoms with Gasteiger partial charge in [-0.05, 0) is 67.5 Å². The van der Waals surface area contributed by atoms with Crippen molar-refractivity contribution in [3.05, 3.63) is 98.8 Å². The van der Waals surface area contributed by atoms with Gasteiger partial charge in [0.05, 0.1) is 17.2 Å². The third kappa shape index (κ3) is 4.57. The number of aromatic amines is 1. The quantitative estimate of drug-likeness (QED) is 0.331. The molecule has 1 N–H and O–H groups in total. The van der Waals surface area contributed by atoms with Gasteiger partial charge >= 0.3 is 0 Å². The zero-order valence-corrected chi connectivity index (χ0v) is 21.9. The van der Waals surface area contributed by atoms with Gasteiger partial charge < -0.3 is 4.98 Å². The minimum atomic E-state index is -4.00. The maximum absolute atomic E-state index is 14.1. The van der Waals surface area contributed by atoms with Gasteiger partial charge in [-0.1, -0.05) is 48.0 Å². The van der Waals surface area contributed by atoms with E-state index < -0.39 is 10.0 Å². The molecular formula is C27H26N4O3S2. The molecule has 0 saturated heterocycles. The summed E-state index contributed by atoms with van der Waals surface area (Å²) in [6.07, 6.45) is 0.508. The summed E-state index contributed by atoms with van der Waals surface area (Å²) < 4.78 is 38.2. The Kier molecular flexibility index (Phi) is 6.46. The lowest BCUT2D eigenvalue weighted by Crippen LogP contribution is -2.35. The van der Waals surface area contributed by atoms with E-state index in [0.29, 0.717) is 28.6 Å². The predicted octanol–water partition coefficient (Wildman–Crippen LogP) is 4.89. The maximum atomic E-state index is 14.1. The number of sulfonamides is 1. The number of pyridine rings is 1. The zero-order chi connectivity index (χ0) is 25.4. The highest BCUT2D eigenvalue weighted by Crippen LogP contribution is 2.29. The van der Waals surface area contributed by atoms with Crippen molar-refractivity contribution in [1.29, 1.82) is 0 Å². The topological polar surface area (TPSA) is 96.0 Å². The van der Waals surface area contributed by atoms with E-state index in [1.807, 2.05) is 56.3 Å². The first kappa shape index (κ1) is 24.3. The van der Waals surface area contributed by atoms with E-state index in [1.54, 1.807) is 25.1 Å². The molecular weight excluding hydrogens is 492 g/mol. The molecule has 0 aliphatic carbocycles. The molecule has 2 heterocycles. The highest BCUT2D eigenvalue weighted by Gasteiger charge is 2.30. The first-order valence-corrected chi connectivity index (χ1v) is 13.8. The largest absolute Gasteiger partial charge is 0.321 e. The van der Waals surface area contributed by atoms with Gasteiger partial charge in [-0.3, -0.25) is 4.79 Å². The van der Waals surface area contributed by atoms with E-state index in [-0.39, 0.29) is 23.5 Å². The molecule has 0 aliphatic rings. The number of rotatable bonds is 7. The smallest absolute Gasteiger partial charge is 0.252 e. The van der Waals surface area contributed by atoms with Crippen molar-refractivity contribution < 1.29 is 8.42 Å². The second-order valence-corrected chi connectivity index (χ2v) is 11.5. The third-order valence-electron chi connectivity index (χ3n) is 6.39. The summed E-state index contributed by atoms with van der Waals surface area (Å²) in [5.74, 6) is 0. The Morgan fingerprint density at radius 3 is 2.50 bits per heavy atom. The molecule has 0 aliphatic heterocycles. The minimum Gasteiger partial charge on any atom is -0.321 e. The van der Waals surface area contributed by atoms with Crippen LogP contribution in [0.25, 0.3) is 21.9 Å². The first-order chi connectivity index (χ1) is 17.2. The van der Waals surface area contributed by atoms with Crippen LogP contribution in [0.4, 0.5) is 0 Å². The highest BCUT2D eigenvalue weighted by atomic mass is 32.2.